The summed E-state index contributed by atoms with van der Waals surface area (Å²) in [5, 5.41) is 15.7. The summed E-state index contributed by atoms with van der Waals surface area (Å²) in [4.78, 5) is 12.0. The first kappa shape index (κ1) is 12.1. The van der Waals surface area contributed by atoms with Crippen molar-refractivity contribution < 1.29 is 4.79 Å². The Morgan fingerprint density at radius 3 is 3.06 bits per heavy atom. The second-order valence-corrected chi connectivity index (χ2v) is 4.77. The van der Waals surface area contributed by atoms with Gasteiger partial charge in [-0.05, 0) is 26.0 Å². The number of aromatic nitrogens is 2. The molecule has 5 nitrogen and oxygen atoms in total. The van der Waals surface area contributed by atoms with Crippen LogP contribution in [-0.4, -0.2) is 22.1 Å². The molecule has 0 spiro atoms. The first-order valence-corrected chi connectivity index (χ1v) is 5.65. The molecule has 18 heavy (non-hydrogen) atoms. The number of carbonyl (C=O) groups is 1. The Labute approximate surface area is 105 Å². The van der Waals surface area contributed by atoms with Crippen LogP contribution in [-0.2, 0) is 0 Å². The maximum Gasteiger partial charge on any atom is 0.255 e. The largest absolute Gasteiger partial charge is 0.350 e. The number of nitriles is 1. The maximum atomic E-state index is 12.0. The quantitative estimate of drug-likeness (QED) is 0.889. The van der Waals surface area contributed by atoms with Crippen LogP contribution < -0.4 is 5.32 Å². The van der Waals surface area contributed by atoms with Crippen LogP contribution in [0.5, 0.6) is 0 Å². The Morgan fingerprint density at radius 1 is 1.56 bits per heavy atom. The number of hydrogen-bond donors (Lipinski definition) is 1. The van der Waals surface area contributed by atoms with Crippen molar-refractivity contribution in [2.24, 2.45) is 5.41 Å². The van der Waals surface area contributed by atoms with Crippen LogP contribution in [0.25, 0.3) is 5.52 Å². The van der Waals surface area contributed by atoms with Gasteiger partial charge >= 0.3 is 0 Å². The van der Waals surface area contributed by atoms with Gasteiger partial charge in [0.25, 0.3) is 5.91 Å². The van der Waals surface area contributed by atoms with E-state index >= 15 is 0 Å². The summed E-state index contributed by atoms with van der Waals surface area (Å²) in [6, 6.07) is 7.68. The van der Waals surface area contributed by atoms with Gasteiger partial charge in [-0.15, -0.1) is 0 Å². The van der Waals surface area contributed by atoms with Gasteiger partial charge in [0.1, 0.15) is 0 Å². The number of amides is 1. The Kier molecular flexibility index (Phi) is 3.02. The van der Waals surface area contributed by atoms with Crippen molar-refractivity contribution in [2.75, 3.05) is 6.54 Å². The van der Waals surface area contributed by atoms with Gasteiger partial charge in [0.05, 0.1) is 28.8 Å². The Balaban J connectivity index is 2.18. The molecular weight excluding hydrogens is 228 g/mol. The highest BCUT2D eigenvalue weighted by Gasteiger charge is 2.19. The minimum atomic E-state index is -0.571. The van der Waals surface area contributed by atoms with Crippen LogP contribution in [0.1, 0.15) is 24.2 Å². The van der Waals surface area contributed by atoms with Crippen molar-refractivity contribution in [1.29, 1.82) is 5.26 Å². The van der Waals surface area contributed by atoms with Crippen LogP contribution in [0.15, 0.2) is 30.6 Å². The predicted molar refractivity (Wildman–Crippen MR) is 66.9 cm³/mol. The van der Waals surface area contributed by atoms with E-state index < -0.39 is 5.41 Å². The molecule has 1 amide bonds. The average Bonchev–Trinajstić information content (AvgIpc) is 2.80. The van der Waals surface area contributed by atoms with E-state index in [9.17, 15) is 4.79 Å². The van der Waals surface area contributed by atoms with Gasteiger partial charge in [-0.1, -0.05) is 6.07 Å². The first-order valence-electron chi connectivity index (χ1n) is 5.65. The second-order valence-electron chi connectivity index (χ2n) is 4.77. The second kappa shape index (κ2) is 4.49. The molecule has 0 aromatic carbocycles. The van der Waals surface area contributed by atoms with Gasteiger partial charge in [0, 0.05) is 12.7 Å². The van der Waals surface area contributed by atoms with Crippen LogP contribution in [0.4, 0.5) is 0 Å². The number of hydrogen-bond acceptors (Lipinski definition) is 3. The molecule has 1 N–H and O–H groups in total. The summed E-state index contributed by atoms with van der Waals surface area (Å²) >= 11 is 0. The van der Waals surface area contributed by atoms with E-state index in [0.29, 0.717) is 12.1 Å². The SMILES string of the molecule is CC(C)(C#N)CNC(=O)c1cnn2ccccc12. The lowest BCUT2D eigenvalue weighted by Crippen LogP contribution is -2.33. The fourth-order valence-electron chi connectivity index (χ4n) is 1.55. The standard InChI is InChI=1S/C13H14N4O/c1-13(2,8-14)9-15-12(18)10-7-16-17-6-4-3-5-11(10)17/h3-7H,9H2,1-2H3,(H,15,18). The zero-order valence-electron chi connectivity index (χ0n) is 10.3. The normalized spacial score (nSPS) is 11.2. The highest BCUT2D eigenvalue weighted by atomic mass is 16.1. The Hall–Kier alpha value is -2.35. The van der Waals surface area contributed by atoms with Crippen LogP contribution >= 0.6 is 0 Å². The lowest BCUT2D eigenvalue weighted by atomic mass is 9.96. The van der Waals surface area contributed by atoms with Gasteiger partial charge in [-0.2, -0.15) is 10.4 Å². The number of rotatable bonds is 3. The van der Waals surface area contributed by atoms with Crippen LogP contribution in [0.2, 0.25) is 0 Å². The van der Waals surface area contributed by atoms with E-state index in [-0.39, 0.29) is 5.91 Å². The molecule has 0 atom stereocenters. The van der Waals surface area contributed by atoms with E-state index in [1.807, 2.05) is 18.2 Å². The lowest BCUT2D eigenvalue weighted by Gasteiger charge is -2.15. The molecule has 0 radical (unpaired) electrons. The Bertz CT molecular complexity index is 621. The number of pyridine rings is 1. The van der Waals surface area contributed by atoms with E-state index in [1.165, 1.54) is 6.20 Å². The zero-order chi connectivity index (χ0) is 13.2. The summed E-state index contributed by atoms with van der Waals surface area (Å²) in [5.74, 6) is -0.209. The highest BCUT2D eigenvalue weighted by molar-refractivity contribution is 6.00. The van der Waals surface area contributed by atoms with Gasteiger partial charge in [0.2, 0.25) is 0 Å². The van der Waals surface area contributed by atoms with Crippen LogP contribution in [0.3, 0.4) is 0 Å². The van der Waals surface area contributed by atoms with E-state index in [2.05, 4.69) is 16.5 Å². The third-order valence-corrected chi connectivity index (χ3v) is 2.66. The summed E-state index contributed by atoms with van der Waals surface area (Å²) in [6.45, 7) is 3.87. The van der Waals surface area contributed by atoms with Crippen molar-refractivity contribution in [3.8, 4) is 6.07 Å². The predicted octanol–water partition coefficient (Wildman–Crippen LogP) is 1.61. The molecule has 0 aliphatic carbocycles. The van der Waals surface area contributed by atoms with Crippen molar-refractivity contribution in [3.05, 3.63) is 36.2 Å². The highest BCUT2D eigenvalue weighted by Crippen LogP contribution is 2.13. The van der Waals surface area contributed by atoms with Crippen molar-refractivity contribution in [3.63, 3.8) is 0 Å². The number of nitrogens with one attached hydrogen (secondary N) is 1. The first-order chi connectivity index (χ1) is 8.53. The van der Waals surface area contributed by atoms with Crippen molar-refractivity contribution in [1.82, 2.24) is 14.9 Å². The van der Waals surface area contributed by atoms with E-state index in [4.69, 9.17) is 5.26 Å². The summed E-state index contributed by atoms with van der Waals surface area (Å²) in [7, 11) is 0. The fourth-order valence-corrected chi connectivity index (χ4v) is 1.55. The number of nitrogens with zero attached hydrogens (tertiary/aromatic N) is 3. The van der Waals surface area contributed by atoms with E-state index in [0.717, 1.165) is 5.52 Å². The van der Waals surface area contributed by atoms with Gasteiger partial charge in [-0.25, -0.2) is 4.52 Å². The maximum absolute atomic E-state index is 12.0. The minimum Gasteiger partial charge on any atom is -0.350 e. The fraction of sp³-hybridized carbons (Fsp3) is 0.308. The van der Waals surface area contributed by atoms with Gasteiger partial charge < -0.3 is 5.32 Å². The monoisotopic (exact) mass is 242 g/mol. The Morgan fingerprint density at radius 2 is 2.33 bits per heavy atom. The molecule has 0 saturated carbocycles. The molecule has 0 aliphatic heterocycles. The number of carbonyl (C=O) groups excluding carboxylic acids is 1. The average molecular weight is 242 g/mol. The van der Waals surface area contributed by atoms with Crippen LogP contribution in [0, 0.1) is 16.7 Å². The molecule has 2 aromatic heterocycles. The summed E-state index contributed by atoms with van der Waals surface area (Å²) < 4.78 is 1.64. The molecular formula is C13H14N4O. The molecule has 2 aromatic rings. The van der Waals surface area contributed by atoms with Gasteiger partial charge in [0.15, 0.2) is 0 Å². The minimum absolute atomic E-state index is 0.209. The zero-order valence-corrected chi connectivity index (χ0v) is 10.3. The molecule has 92 valence electrons. The summed E-state index contributed by atoms with van der Waals surface area (Å²) in [5.41, 5.74) is 0.702. The molecule has 0 fully saturated rings. The third kappa shape index (κ3) is 2.33. The molecule has 0 saturated heterocycles. The molecule has 2 heterocycles. The van der Waals surface area contributed by atoms with Crippen molar-refractivity contribution >= 4 is 11.4 Å². The lowest BCUT2D eigenvalue weighted by molar-refractivity contribution is 0.0945. The number of fused-ring (bicyclic) bond motifs is 1. The van der Waals surface area contributed by atoms with E-state index in [1.54, 1.807) is 24.6 Å². The molecule has 2 rings (SSSR count). The molecule has 0 unspecified atom stereocenters. The third-order valence-electron chi connectivity index (χ3n) is 2.66. The van der Waals surface area contributed by atoms with Crippen molar-refractivity contribution in [2.45, 2.75) is 13.8 Å². The smallest absolute Gasteiger partial charge is 0.255 e. The molecule has 0 bridgehead atoms. The summed E-state index contributed by atoms with van der Waals surface area (Å²) in [6.07, 6.45) is 3.31. The molecule has 0 aliphatic rings. The molecule has 5 heteroatoms. The van der Waals surface area contributed by atoms with Gasteiger partial charge in [-0.3, -0.25) is 4.79 Å². The topological polar surface area (TPSA) is 70.2 Å².